The quantitative estimate of drug-likeness (QED) is 0.674. The van der Waals surface area contributed by atoms with Crippen LogP contribution < -0.4 is 4.74 Å². The first-order valence-electron chi connectivity index (χ1n) is 6.26. The van der Waals surface area contributed by atoms with Gasteiger partial charge in [-0.15, -0.1) is 0 Å². The number of aliphatic hydroxyl groups is 1. The monoisotopic (exact) mass is 318 g/mol. The molecule has 2 aromatic rings. The number of rotatable bonds is 5. The third-order valence-electron chi connectivity index (χ3n) is 2.94. The fourth-order valence-corrected chi connectivity index (χ4v) is 1.93. The maximum Gasteiger partial charge on any atom is 0.312 e. The van der Waals surface area contributed by atoms with Crippen molar-refractivity contribution in [3.8, 4) is 11.8 Å². The van der Waals surface area contributed by atoms with E-state index >= 15 is 0 Å². The molecule has 2 aromatic carbocycles. The highest BCUT2D eigenvalue weighted by atomic mass is 35.5. The summed E-state index contributed by atoms with van der Waals surface area (Å²) in [5.74, 6) is -0.00277. The summed E-state index contributed by atoms with van der Waals surface area (Å²) < 4.78 is 5.31. The van der Waals surface area contributed by atoms with Gasteiger partial charge in [-0.05, 0) is 29.8 Å². The number of hydrogen-bond donors (Lipinski definition) is 1. The van der Waals surface area contributed by atoms with E-state index in [1.54, 1.807) is 24.3 Å². The molecule has 2 rings (SSSR count). The zero-order chi connectivity index (χ0) is 16.1. The summed E-state index contributed by atoms with van der Waals surface area (Å²) in [5, 5.41) is 30.3. The van der Waals surface area contributed by atoms with Crippen molar-refractivity contribution in [1.82, 2.24) is 0 Å². The lowest BCUT2D eigenvalue weighted by Crippen LogP contribution is -2.10. The van der Waals surface area contributed by atoms with Crippen molar-refractivity contribution in [2.75, 3.05) is 6.61 Å². The smallest absolute Gasteiger partial charge is 0.312 e. The number of nitro groups is 1. The number of benzene rings is 2. The summed E-state index contributed by atoms with van der Waals surface area (Å²) in [4.78, 5) is 10.3. The number of aliphatic hydroxyl groups excluding tert-OH is 1. The molecule has 0 aliphatic carbocycles. The molecule has 0 heterocycles. The van der Waals surface area contributed by atoms with Crippen LogP contribution in [-0.2, 0) is 0 Å². The Bertz CT molecular complexity index is 725. The summed E-state index contributed by atoms with van der Waals surface area (Å²) in [6, 6.07) is 12.2. The fraction of sp³-hybridized carbons (Fsp3) is 0.133. The van der Waals surface area contributed by atoms with E-state index < -0.39 is 11.0 Å². The summed E-state index contributed by atoms with van der Waals surface area (Å²) in [5.41, 5.74) is 0.431. The van der Waals surface area contributed by atoms with Crippen LogP contribution in [0.5, 0.6) is 5.75 Å². The van der Waals surface area contributed by atoms with Gasteiger partial charge in [0.25, 0.3) is 0 Å². The molecule has 22 heavy (non-hydrogen) atoms. The number of nitrogens with zero attached hydrogens (tertiary/aromatic N) is 2. The second-order valence-corrected chi connectivity index (χ2v) is 4.87. The molecule has 0 saturated heterocycles. The van der Waals surface area contributed by atoms with Crippen molar-refractivity contribution in [3.05, 3.63) is 68.7 Å². The van der Waals surface area contributed by atoms with E-state index in [1.807, 2.05) is 6.07 Å². The van der Waals surface area contributed by atoms with Gasteiger partial charge in [0.1, 0.15) is 12.7 Å². The molecule has 6 nitrogen and oxygen atoms in total. The number of halogens is 1. The van der Waals surface area contributed by atoms with Crippen molar-refractivity contribution < 1.29 is 14.8 Å². The number of ether oxygens (including phenoxy) is 1. The Labute approximate surface area is 131 Å². The van der Waals surface area contributed by atoms with Crippen LogP contribution in [0.15, 0.2) is 42.5 Å². The molecule has 1 unspecified atom stereocenters. The number of hydrogen-bond acceptors (Lipinski definition) is 5. The lowest BCUT2D eigenvalue weighted by Gasteiger charge is -2.13. The molecule has 0 aromatic heterocycles. The van der Waals surface area contributed by atoms with Gasteiger partial charge in [-0.1, -0.05) is 23.7 Å². The van der Waals surface area contributed by atoms with E-state index in [4.69, 9.17) is 21.6 Å². The molecule has 0 bridgehead atoms. The van der Waals surface area contributed by atoms with E-state index in [-0.39, 0.29) is 23.6 Å². The molecule has 0 aliphatic heterocycles. The third-order valence-corrected chi connectivity index (χ3v) is 3.19. The van der Waals surface area contributed by atoms with E-state index in [1.165, 1.54) is 12.1 Å². The predicted octanol–water partition coefficient (Wildman–Crippen LogP) is 3.23. The Morgan fingerprint density at radius 2 is 2.00 bits per heavy atom. The van der Waals surface area contributed by atoms with Crippen molar-refractivity contribution >= 4 is 17.3 Å². The number of nitro benzene ring substituents is 1. The zero-order valence-electron chi connectivity index (χ0n) is 11.3. The van der Waals surface area contributed by atoms with Crippen LogP contribution in [0.2, 0.25) is 5.02 Å². The molecule has 1 atom stereocenters. The third kappa shape index (κ3) is 3.73. The lowest BCUT2D eigenvalue weighted by molar-refractivity contribution is -0.386. The van der Waals surface area contributed by atoms with Crippen molar-refractivity contribution in [2.24, 2.45) is 0 Å². The highest BCUT2D eigenvalue weighted by molar-refractivity contribution is 6.30. The molecule has 112 valence electrons. The molecule has 0 aliphatic rings. The minimum atomic E-state index is -0.951. The molecule has 0 amide bonds. The second kappa shape index (κ2) is 6.89. The van der Waals surface area contributed by atoms with Crippen LogP contribution in [0.4, 0.5) is 5.69 Å². The summed E-state index contributed by atoms with van der Waals surface area (Å²) in [7, 11) is 0. The molecule has 0 saturated carbocycles. The predicted molar refractivity (Wildman–Crippen MR) is 79.7 cm³/mol. The van der Waals surface area contributed by atoms with Gasteiger partial charge in [0, 0.05) is 11.1 Å². The first-order chi connectivity index (χ1) is 10.5. The Kier molecular flexibility index (Phi) is 4.94. The Morgan fingerprint density at radius 3 is 2.59 bits per heavy atom. The maximum atomic E-state index is 11.0. The standard InChI is InChI=1S/C15H11ClN2O4/c16-12-4-2-11(3-5-12)14(19)9-22-15-6-1-10(8-17)7-13(15)18(20)21/h1-7,14,19H,9H2. The van der Waals surface area contributed by atoms with Crippen LogP contribution >= 0.6 is 11.6 Å². The normalized spacial score (nSPS) is 11.5. The SMILES string of the molecule is N#Cc1ccc(OCC(O)c2ccc(Cl)cc2)c([N+](=O)[O-])c1. The topological polar surface area (TPSA) is 96.4 Å². The largest absolute Gasteiger partial charge is 0.484 e. The van der Waals surface area contributed by atoms with Crippen LogP contribution in [-0.4, -0.2) is 16.6 Å². The molecular weight excluding hydrogens is 308 g/mol. The minimum Gasteiger partial charge on any atom is -0.484 e. The average molecular weight is 319 g/mol. The molecule has 1 N–H and O–H groups in total. The van der Waals surface area contributed by atoms with Gasteiger partial charge in [0.2, 0.25) is 0 Å². The number of nitriles is 1. The summed E-state index contributed by atoms with van der Waals surface area (Å²) >= 11 is 5.76. The molecular formula is C15H11ClN2O4. The van der Waals surface area contributed by atoms with Crippen molar-refractivity contribution in [3.63, 3.8) is 0 Å². The van der Waals surface area contributed by atoms with E-state index in [0.29, 0.717) is 10.6 Å². The Balaban J connectivity index is 2.12. The summed E-state index contributed by atoms with van der Waals surface area (Å²) in [6.07, 6.45) is -0.951. The van der Waals surface area contributed by atoms with E-state index in [0.717, 1.165) is 6.07 Å². The molecule has 0 radical (unpaired) electrons. The van der Waals surface area contributed by atoms with Gasteiger partial charge in [0.05, 0.1) is 16.6 Å². The zero-order valence-corrected chi connectivity index (χ0v) is 12.0. The highest BCUT2D eigenvalue weighted by Gasteiger charge is 2.18. The summed E-state index contributed by atoms with van der Waals surface area (Å²) in [6.45, 7) is -0.158. The Morgan fingerprint density at radius 1 is 1.32 bits per heavy atom. The first kappa shape index (κ1) is 15.8. The maximum absolute atomic E-state index is 11.0. The second-order valence-electron chi connectivity index (χ2n) is 4.43. The lowest BCUT2D eigenvalue weighted by atomic mass is 10.1. The van der Waals surface area contributed by atoms with Gasteiger partial charge in [-0.3, -0.25) is 10.1 Å². The first-order valence-corrected chi connectivity index (χ1v) is 6.64. The van der Waals surface area contributed by atoms with Crippen molar-refractivity contribution in [1.29, 1.82) is 5.26 Å². The van der Waals surface area contributed by atoms with Crippen LogP contribution in [0.25, 0.3) is 0 Å². The fourth-order valence-electron chi connectivity index (χ4n) is 1.80. The molecule has 7 heteroatoms. The van der Waals surface area contributed by atoms with Gasteiger partial charge in [0.15, 0.2) is 5.75 Å². The van der Waals surface area contributed by atoms with Crippen LogP contribution in [0.3, 0.4) is 0 Å². The highest BCUT2D eigenvalue weighted by Crippen LogP contribution is 2.29. The minimum absolute atomic E-state index is 0.00277. The van der Waals surface area contributed by atoms with E-state index in [2.05, 4.69) is 0 Å². The van der Waals surface area contributed by atoms with Gasteiger partial charge >= 0.3 is 5.69 Å². The average Bonchev–Trinajstić information content (AvgIpc) is 2.53. The van der Waals surface area contributed by atoms with Gasteiger partial charge in [-0.25, -0.2) is 0 Å². The Hall–Kier alpha value is -2.62. The van der Waals surface area contributed by atoms with Gasteiger partial charge < -0.3 is 9.84 Å². The van der Waals surface area contributed by atoms with Gasteiger partial charge in [-0.2, -0.15) is 5.26 Å². The molecule has 0 spiro atoms. The molecule has 0 fully saturated rings. The van der Waals surface area contributed by atoms with E-state index in [9.17, 15) is 15.2 Å². The van der Waals surface area contributed by atoms with Crippen LogP contribution in [0.1, 0.15) is 17.2 Å². The van der Waals surface area contributed by atoms with Crippen LogP contribution in [0, 0.1) is 21.4 Å². The van der Waals surface area contributed by atoms with Crippen molar-refractivity contribution in [2.45, 2.75) is 6.10 Å².